The van der Waals surface area contributed by atoms with Gasteiger partial charge in [0.15, 0.2) is 5.78 Å². The van der Waals surface area contributed by atoms with Crippen molar-refractivity contribution in [2.45, 2.75) is 57.6 Å². The van der Waals surface area contributed by atoms with Crippen molar-refractivity contribution in [2.75, 3.05) is 19.7 Å². The van der Waals surface area contributed by atoms with Crippen LogP contribution in [0.4, 0.5) is 4.79 Å². The van der Waals surface area contributed by atoms with Crippen LogP contribution in [0.5, 0.6) is 0 Å². The number of carbonyl (C=O) groups is 2. The number of nitrogens with one attached hydrogen (secondary N) is 1. The van der Waals surface area contributed by atoms with Crippen molar-refractivity contribution in [1.29, 1.82) is 0 Å². The first kappa shape index (κ1) is 24.0. The van der Waals surface area contributed by atoms with E-state index in [1.807, 2.05) is 0 Å². The van der Waals surface area contributed by atoms with Crippen LogP contribution in [0.2, 0.25) is 0 Å². The van der Waals surface area contributed by atoms with Crippen LogP contribution in [0.3, 0.4) is 0 Å². The number of aliphatic hydroxyl groups excluding tert-OH is 2. The van der Waals surface area contributed by atoms with E-state index in [4.69, 9.17) is 5.11 Å². The van der Waals surface area contributed by atoms with Crippen LogP contribution in [0.1, 0.15) is 50.2 Å². The zero-order chi connectivity index (χ0) is 23.1. The van der Waals surface area contributed by atoms with Crippen molar-refractivity contribution in [2.24, 2.45) is 0 Å². The Morgan fingerprint density at radius 1 is 1.03 bits per heavy atom. The average Bonchev–Trinajstić information content (AvgIpc) is 2.82. The molecule has 6 nitrogen and oxygen atoms in total. The number of nitrogens with zero attached hydrogens (tertiary/aromatic N) is 1. The second kappa shape index (κ2) is 11.2. The molecule has 3 N–H and O–H groups in total. The minimum atomic E-state index is -1.09. The molecule has 3 rings (SSSR count). The topological polar surface area (TPSA) is 89.9 Å². The van der Waals surface area contributed by atoms with Crippen LogP contribution in [0.15, 0.2) is 48.5 Å². The molecular weight excluding hydrogens is 404 g/mol. The third-order valence-electron chi connectivity index (χ3n) is 6.25. The number of aryl methyl sites for hydroxylation is 1. The van der Waals surface area contributed by atoms with Crippen molar-refractivity contribution >= 4 is 11.8 Å². The quantitative estimate of drug-likeness (QED) is 0.588. The van der Waals surface area contributed by atoms with E-state index in [1.54, 1.807) is 4.90 Å². The summed E-state index contributed by atoms with van der Waals surface area (Å²) in [6, 6.07) is 16.0. The highest BCUT2D eigenvalue weighted by molar-refractivity contribution is 5.89. The fraction of sp³-hybridized carbons (Fsp3) is 0.462. The number of piperidine rings is 1. The molecule has 2 aromatic rings. The largest absolute Gasteiger partial charge is 0.391 e. The molecule has 0 spiro atoms. The van der Waals surface area contributed by atoms with E-state index >= 15 is 0 Å². The molecule has 1 saturated heterocycles. The van der Waals surface area contributed by atoms with Gasteiger partial charge in [-0.1, -0.05) is 61.9 Å². The Morgan fingerprint density at radius 3 is 2.09 bits per heavy atom. The van der Waals surface area contributed by atoms with Gasteiger partial charge >= 0.3 is 6.03 Å². The number of benzene rings is 2. The zero-order valence-corrected chi connectivity index (χ0v) is 19.0. The van der Waals surface area contributed by atoms with E-state index in [2.05, 4.69) is 60.8 Å². The van der Waals surface area contributed by atoms with Gasteiger partial charge in [-0.3, -0.25) is 4.79 Å². The lowest BCUT2D eigenvalue weighted by atomic mass is 9.88. The Morgan fingerprint density at radius 2 is 1.59 bits per heavy atom. The second-order valence-electron chi connectivity index (χ2n) is 8.62. The normalized spacial score (nSPS) is 16.4. The summed E-state index contributed by atoms with van der Waals surface area (Å²) in [5.74, 6) is -0.213. The van der Waals surface area contributed by atoms with E-state index in [1.165, 1.54) is 29.2 Å². The minimum absolute atomic E-state index is 0.377. The molecule has 1 fully saturated rings. The zero-order valence-electron chi connectivity index (χ0n) is 19.0. The van der Waals surface area contributed by atoms with Crippen molar-refractivity contribution in [3.63, 3.8) is 0 Å². The van der Waals surface area contributed by atoms with E-state index in [0.29, 0.717) is 19.0 Å². The third-order valence-corrected chi connectivity index (χ3v) is 6.25. The van der Waals surface area contributed by atoms with Crippen LogP contribution >= 0.6 is 0 Å². The van der Waals surface area contributed by atoms with E-state index in [0.717, 1.165) is 25.7 Å². The number of amides is 2. The number of likely N-dealkylation sites (tertiary alicyclic amines) is 1. The maximum absolute atomic E-state index is 12.5. The maximum Gasteiger partial charge on any atom is 0.318 e. The van der Waals surface area contributed by atoms with Gasteiger partial charge in [0.25, 0.3) is 0 Å². The Kier molecular flexibility index (Phi) is 8.42. The van der Waals surface area contributed by atoms with E-state index < -0.39 is 24.5 Å². The number of carbonyl (C=O) groups excluding carboxylic acids is 2. The molecule has 0 bridgehead atoms. The van der Waals surface area contributed by atoms with Crippen LogP contribution in [-0.2, 0) is 11.2 Å². The Balaban J connectivity index is 1.55. The van der Waals surface area contributed by atoms with Gasteiger partial charge in [0, 0.05) is 13.1 Å². The summed E-state index contributed by atoms with van der Waals surface area (Å²) in [6.45, 7) is 4.06. The highest BCUT2D eigenvalue weighted by Crippen LogP contribution is 2.30. The highest BCUT2D eigenvalue weighted by atomic mass is 16.3. The van der Waals surface area contributed by atoms with Crippen LogP contribution in [-0.4, -0.2) is 58.8 Å². The number of ketones is 1. The van der Waals surface area contributed by atoms with Gasteiger partial charge in [-0.15, -0.1) is 0 Å². The summed E-state index contributed by atoms with van der Waals surface area (Å²) in [4.78, 5) is 25.9. The molecule has 0 radical (unpaired) electrons. The van der Waals surface area contributed by atoms with Gasteiger partial charge in [0.1, 0.15) is 12.6 Å². The molecule has 1 aliphatic rings. The predicted octanol–water partition coefficient (Wildman–Crippen LogP) is 3.51. The number of hydrogen-bond donors (Lipinski definition) is 3. The molecule has 172 valence electrons. The van der Waals surface area contributed by atoms with Crippen molar-refractivity contribution in [3.05, 3.63) is 59.7 Å². The molecule has 0 saturated carbocycles. The van der Waals surface area contributed by atoms with Crippen LogP contribution < -0.4 is 5.32 Å². The molecule has 32 heavy (non-hydrogen) atoms. The number of hydrogen-bond acceptors (Lipinski definition) is 4. The Bertz CT molecular complexity index is 885. The maximum atomic E-state index is 12.5. The SMILES string of the molecule is CCCc1ccc(-c2ccc(C3CCN(C(=O)N[C@@H](C(=O)CO)[C@H](C)O)CC3)cc2)cc1. The van der Waals surface area contributed by atoms with Gasteiger partial charge in [-0.25, -0.2) is 4.79 Å². The fourth-order valence-corrected chi connectivity index (χ4v) is 4.31. The molecular formula is C26H34N2O4. The Hall–Kier alpha value is -2.70. The van der Waals surface area contributed by atoms with Gasteiger partial charge in [0.2, 0.25) is 0 Å². The van der Waals surface area contributed by atoms with Crippen molar-refractivity contribution < 1.29 is 19.8 Å². The minimum Gasteiger partial charge on any atom is -0.391 e. The summed E-state index contributed by atoms with van der Waals surface area (Å²) in [6.07, 6.45) is 2.87. The molecule has 6 heteroatoms. The second-order valence-corrected chi connectivity index (χ2v) is 8.62. The standard InChI is InChI=1S/C26H34N2O4/c1-3-4-19-5-7-20(8-6-19)21-9-11-22(12-10-21)23-13-15-28(16-14-23)26(32)27-25(18(2)30)24(31)17-29/h5-12,18,23,25,29-30H,3-4,13-17H2,1-2H3,(H,27,32)/t18-,25+/m0/s1. The lowest BCUT2D eigenvalue weighted by Crippen LogP contribution is -2.54. The summed E-state index contributed by atoms with van der Waals surface area (Å²) in [5, 5.41) is 21.3. The van der Waals surface area contributed by atoms with E-state index in [-0.39, 0.29) is 6.03 Å². The molecule has 1 aliphatic heterocycles. The predicted molar refractivity (Wildman–Crippen MR) is 126 cm³/mol. The first-order chi connectivity index (χ1) is 15.4. The molecule has 2 aromatic carbocycles. The summed E-state index contributed by atoms with van der Waals surface area (Å²) in [7, 11) is 0. The first-order valence-electron chi connectivity index (χ1n) is 11.5. The van der Waals surface area contributed by atoms with Gasteiger partial charge in [0.05, 0.1) is 6.10 Å². The lowest BCUT2D eigenvalue weighted by Gasteiger charge is -2.33. The van der Waals surface area contributed by atoms with Crippen LogP contribution in [0, 0.1) is 0 Å². The summed E-state index contributed by atoms with van der Waals surface area (Å²) in [5.41, 5.74) is 5.05. The molecule has 1 heterocycles. The fourth-order valence-electron chi connectivity index (χ4n) is 4.31. The third kappa shape index (κ3) is 5.96. The van der Waals surface area contributed by atoms with Gasteiger partial charge in [-0.05, 0) is 54.4 Å². The summed E-state index contributed by atoms with van der Waals surface area (Å²) < 4.78 is 0. The average molecular weight is 439 g/mol. The molecule has 0 aromatic heterocycles. The number of aliphatic hydroxyl groups is 2. The Labute approximate surface area is 190 Å². The van der Waals surface area contributed by atoms with Crippen molar-refractivity contribution in [3.8, 4) is 11.1 Å². The first-order valence-corrected chi connectivity index (χ1v) is 11.5. The highest BCUT2D eigenvalue weighted by Gasteiger charge is 2.29. The molecule has 0 unspecified atom stereocenters. The monoisotopic (exact) mass is 438 g/mol. The number of urea groups is 1. The van der Waals surface area contributed by atoms with Gasteiger partial charge in [-0.2, -0.15) is 0 Å². The van der Waals surface area contributed by atoms with Gasteiger partial charge < -0.3 is 20.4 Å². The van der Waals surface area contributed by atoms with Crippen LogP contribution in [0.25, 0.3) is 11.1 Å². The summed E-state index contributed by atoms with van der Waals surface area (Å²) >= 11 is 0. The smallest absolute Gasteiger partial charge is 0.318 e. The van der Waals surface area contributed by atoms with E-state index in [9.17, 15) is 14.7 Å². The number of rotatable bonds is 8. The molecule has 2 amide bonds. The molecule has 0 aliphatic carbocycles. The van der Waals surface area contributed by atoms with Crippen molar-refractivity contribution in [1.82, 2.24) is 10.2 Å². The number of Topliss-reactive ketones (excluding diaryl/α,β-unsaturated/α-hetero) is 1. The lowest BCUT2D eigenvalue weighted by molar-refractivity contribution is -0.125. The molecule has 2 atom stereocenters.